The Bertz CT molecular complexity index is 963. The second-order valence-electron chi connectivity index (χ2n) is 7.44. The minimum Gasteiger partial charge on any atom is -0.359 e. The molecule has 4 rings (SSSR count). The predicted molar refractivity (Wildman–Crippen MR) is 105 cm³/mol. The number of carbonyl (C=O) groups excluding carboxylic acids is 3. The number of nitrogens with one attached hydrogen (secondary N) is 3. The lowest BCUT2D eigenvalue weighted by Gasteiger charge is -2.26. The highest BCUT2D eigenvalue weighted by molar-refractivity contribution is 6.04. The number of benzene rings is 1. The first-order chi connectivity index (χ1) is 13.9. The number of hydrogen-bond donors (Lipinski definition) is 3. The van der Waals surface area contributed by atoms with E-state index >= 15 is 0 Å². The molecule has 152 valence electrons. The number of amides is 4. The summed E-state index contributed by atoms with van der Waals surface area (Å²) in [5.74, 6) is 0.953. The third-order valence-electron chi connectivity index (χ3n) is 5.41. The van der Waals surface area contributed by atoms with Crippen LogP contribution in [0, 0.1) is 13.8 Å². The Morgan fingerprint density at radius 1 is 1.31 bits per heavy atom. The Labute approximate surface area is 167 Å². The van der Waals surface area contributed by atoms with Crippen molar-refractivity contribution in [2.75, 3.05) is 11.9 Å². The zero-order valence-electron chi connectivity index (χ0n) is 16.4. The van der Waals surface area contributed by atoms with Crippen LogP contribution >= 0.6 is 0 Å². The minimum atomic E-state index is -0.649. The molecule has 2 aliphatic heterocycles. The SMILES string of the molecule is Cc1cccc(C)c1Nc1noc2c1CN(C(=O)CCC1NC(=O)NC1=O)CC2. The van der Waals surface area contributed by atoms with Crippen LogP contribution in [0.5, 0.6) is 0 Å². The van der Waals surface area contributed by atoms with Gasteiger partial charge in [-0.2, -0.15) is 0 Å². The Morgan fingerprint density at radius 2 is 2.07 bits per heavy atom. The van der Waals surface area contributed by atoms with Crippen LogP contribution in [0.3, 0.4) is 0 Å². The molecule has 1 saturated heterocycles. The van der Waals surface area contributed by atoms with E-state index < -0.39 is 12.1 Å². The van der Waals surface area contributed by atoms with Crippen LogP contribution in [0.1, 0.15) is 35.3 Å². The summed E-state index contributed by atoms with van der Waals surface area (Å²) in [6.07, 6.45) is 1.04. The molecule has 2 aromatic rings. The van der Waals surface area contributed by atoms with Crippen molar-refractivity contribution >= 4 is 29.4 Å². The van der Waals surface area contributed by atoms with E-state index in [1.54, 1.807) is 4.90 Å². The molecule has 0 bridgehead atoms. The topological polar surface area (TPSA) is 117 Å². The molecule has 0 spiro atoms. The van der Waals surface area contributed by atoms with Crippen molar-refractivity contribution in [1.29, 1.82) is 0 Å². The fourth-order valence-corrected chi connectivity index (χ4v) is 3.74. The van der Waals surface area contributed by atoms with Gasteiger partial charge in [0.1, 0.15) is 11.8 Å². The molecule has 1 unspecified atom stereocenters. The molecule has 3 heterocycles. The fraction of sp³-hybridized carbons (Fsp3) is 0.400. The van der Waals surface area contributed by atoms with Crippen LogP contribution in [0.25, 0.3) is 0 Å². The molecular weight excluding hydrogens is 374 g/mol. The second-order valence-corrected chi connectivity index (χ2v) is 7.44. The molecule has 3 N–H and O–H groups in total. The molecule has 9 heteroatoms. The number of para-hydroxylation sites is 1. The molecule has 1 aromatic heterocycles. The van der Waals surface area contributed by atoms with Crippen LogP contribution in [-0.4, -0.2) is 40.5 Å². The summed E-state index contributed by atoms with van der Waals surface area (Å²) in [5, 5.41) is 12.2. The molecule has 0 aliphatic carbocycles. The predicted octanol–water partition coefficient (Wildman–Crippen LogP) is 1.91. The van der Waals surface area contributed by atoms with Gasteiger partial charge in [0.25, 0.3) is 5.91 Å². The Kier molecular flexibility index (Phi) is 4.96. The van der Waals surface area contributed by atoms with Crippen molar-refractivity contribution in [3.63, 3.8) is 0 Å². The lowest BCUT2D eigenvalue weighted by molar-refractivity contribution is -0.132. The molecule has 1 atom stereocenters. The third-order valence-corrected chi connectivity index (χ3v) is 5.41. The van der Waals surface area contributed by atoms with Gasteiger partial charge in [-0.05, 0) is 31.4 Å². The highest BCUT2D eigenvalue weighted by Crippen LogP contribution is 2.31. The average molecular weight is 397 g/mol. The summed E-state index contributed by atoms with van der Waals surface area (Å²) in [7, 11) is 0. The van der Waals surface area contributed by atoms with Gasteiger partial charge in [0.05, 0.1) is 12.1 Å². The number of rotatable bonds is 5. The highest BCUT2D eigenvalue weighted by Gasteiger charge is 2.32. The second kappa shape index (κ2) is 7.57. The van der Waals surface area contributed by atoms with Gasteiger partial charge in [-0.3, -0.25) is 14.9 Å². The summed E-state index contributed by atoms with van der Waals surface area (Å²) < 4.78 is 5.48. The van der Waals surface area contributed by atoms with Crippen molar-refractivity contribution in [2.24, 2.45) is 0 Å². The Balaban J connectivity index is 1.43. The number of anilines is 2. The highest BCUT2D eigenvalue weighted by atomic mass is 16.5. The molecule has 1 aromatic carbocycles. The van der Waals surface area contributed by atoms with Crippen molar-refractivity contribution in [1.82, 2.24) is 20.7 Å². The zero-order chi connectivity index (χ0) is 20.5. The summed E-state index contributed by atoms with van der Waals surface area (Å²) in [6.45, 7) is 4.98. The first kappa shape index (κ1) is 19.0. The maximum atomic E-state index is 12.7. The number of fused-ring (bicyclic) bond motifs is 1. The van der Waals surface area contributed by atoms with Crippen molar-refractivity contribution < 1.29 is 18.9 Å². The van der Waals surface area contributed by atoms with Crippen LogP contribution in [0.4, 0.5) is 16.3 Å². The van der Waals surface area contributed by atoms with E-state index in [9.17, 15) is 14.4 Å². The molecule has 4 amide bonds. The van der Waals surface area contributed by atoms with E-state index in [1.165, 1.54) is 0 Å². The monoisotopic (exact) mass is 397 g/mol. The lowest BCUT2D eigenvalue weighted by atomic mass is 10.1. The van der Waals surface area contributed by atoms with Gasteiger partial charge < -0.3 is 20.1 Å². The summed E-state index contributed by atoms with van der Waals surface area (Å²) in [6, 6.07) is 4.89. The van der Waals surface area contributed by atoms with Crippen molar-refractivity contribution in [3.8, 4) is 0 Å². The normalized spacial score (nSPS) is 18.3. The van der Waals surface area contributed by atoms with Crippen LogP contribution in [0.2, 0.25) is 0 Å². The number of hydrogen-bond acceptors (Lipinski definition) is 6. The quantitative estimate of drug-likeness (QED) is 0.664. The lowest BCUT2D eigenvalue weighted by Crippen LogP contribution is -2.37. The number of carbonyl (C=O) groups is 3. The van der Waals surface area contributed by atoms with Gasteiger partial charge in [0, 0.05) is 25.1 Å². The molecule has 2 aliphatic rings. The summed E-state index contributed by atoms with van der Waals surface area (Å²) in [4.78, 5) is 37.2. The first-order valence-electron chi connectivity index (χ1n) is 9.62. The number of aryl methyl sites for hydroxylation is 2. The molecule has 0 saturated carbocycles. The third kappa shape index (κ3) is 3.80. The van der Waals surface area contributed by atoms with Gasteiger partial charge in [-0.25, -0.2) is 4.79 Å². The van der Waals surface area contributed by atoms with E-state index in [1.807, 2.05) is 32.0 Å². The Morgan fingerprint density at radius 3 is 2.76 bits per heavy atom. The Hall–Kier alpha value is -3.36. The van der Waals surface area contributed by atoms with E-state index in [2.05, 4.69) is 21.1 Å². The zero-order valence-corrected chi connectivity index (χ0v) is 16.4. The number of imide groups is 1. The van der Waals surface area contributed by atoms with Crippen LogP contribution in [0.15, 0.2) is 22.7 Å². The van der Waals surface area contributed by atoms with Gasteiger partial charge in [0.15, 0.2) is 5.82 Å². The van der Waals surface area contributed by atoms with Crippen molar-refractivity contribution in [2.45, 2.75) is 45.7 Å². The van der Waals surface area contributed by atoms with Gasteiger partial charge in [-0.1, -0.05) is 23.4 Å². The number of nitrogens with zero attached hydrogens (tertiary/aromatic N) is 2. The summed E-state index contributed by atoms with van der Waals surface area (Å²) >= 11 is 0. The maximum absolute atomic E-state index is 12.7. The van der Waals surface area contributed by atoms with Crippen LogP contribution in [-0.2, 0) is 22.6 Å². The van der Waals surface area contributed by atoms with Crippen molar-refractivity contribution in [3.05, 3.63) is 40.6 Å². The smallest absolute Gasteiger partial charge is 0.322 e. The van der Waals surface area contributed by atoms with Crippen LogP contribution < -0.4 is 16.0 Å². The molecule has 1 fully saturated rings. The average Bonchev–Trinajstić information content (AvgIpc) is 3.24. The minimum absolute atomic E-state index is 0.0659. The van der Waals surface area contributed by atoms with E-state index in [-0.39, 0.29) is 24.7 Å². The first-order valence-corrected chi connectivity index (χ1v) is 9.62. The molecular formula is C20H23N5O4. The van der Waals surface area contributed by atoms with Gasteiger partial charge in [-0.15, -0.1) is 0 Å². The standard InChI is InChI=1S/C20H23N5O4/c1-11-4-3-5-12(2)17(11)22-18-13-10-25(9-8-15(13)29-24-18)16(26)7-6-14-19(27)23-20(28)21-14/h3-5,14H,6-10H2,1-2H3,(H,22,24)(H2,21,23,27,28). The van der Waals surface area contributed by atoms with E-state index in [0.29, 0.717) is 25.3 Å². The largest absolute Gasteiger partial charge is 0.359 e. The fourth-order valence-electron chi connectivity index (χ4n) is 3.74. The van der Waals surface area contributed by atoms with E-state index in [0.717, 1.165) is 28.1 Å². The molecule has 29 heavy (non-hydrogen) atoms. The molecule has 0 radical (unpaired) electrons. The van der Waals surface area contributed by atoms with E-state index in [4.69, 9.17) is 4.52 Å². The molecule has 9 nitrogen and oxygen atoms in total. The van der Waals surface area contributed by atoms with Gasteiger partial charge >= 0.3 is 6.03 Å². The number of aromatic nitrogens is 1. The summed E-state index contributed by atoms with van der Waals surface area (Å²) in [5.41, 5.74) is 4.05. The van der Waals surface area contributed by atoms with Gasteiger partial charge in [0.2, 0.25) is 5.91 Å². The maximum Gasteiger partial charge on any atom is 0.322 e. The number of urea groups is 1.